The molecule has 0 aliphatic carbocycles. The van der Waals surface area contributed by atoms with Crippen molar-refractivity contribution in [3.8, 4) is 5.75 Å². The number of amides is 2. The van der Waals surface area contributed by atoms with Crippen LogP contribution < -0.4 is 10.1 Å². The molecule has 0 aromatic heterocycles. The van der Waals surface area contributed by atoms with Gasteiger partial charge in [0.25, 0.3) is 5.91 Å². The number of carbonyl (C=O) groups is 2. The van der Waals surface area contributed by atoms with E-state index in [9.17, 15) is 9.59 Å². The van der Waals surface area contributed by atoms with Gasteiger partial charge in [0.2, 0.25) is 5.91 Å². The molecule has 0 spiro atoms. The highest BCUT2D eigenvalue weighted by Crippen LogP contribution is 2.31. The van der Waals surface area contributed by atoms with Crippen LogP contribution >= 0.6 is 11.6 Å². The Morgan fingerprint density at radius 1 is 1.03 bits per heavy atom. The first-order valence-corrected chi connectivity index (χ1v) is 11.4. The summed E-state index contributed by atoms with van der Waals surface area (Å²) in [6, 6.07) is 14.4. The molecule has 0 saturated heterocycles. The number of rotatable bonds is 9. The second-order valence-electron chi connectivity index (χ2n) is 9.50. The molecule has 0 radical (unpaired) electrons. The Labute approximate surface area is 197 Å². The molecule has 1 atom stereocenters. The van der Waals surface area contributed by atoms with Crippen LogP contribution in [-0.2, 0) is 21.5 Å². The SMILES string of the molecule is CC(C)CNC(=O)[C@@H](C)N(Cc1ccc(Cl)cc1)C(=O)COc1ccccc1C(C)(C)C. The zero-order chi connectivity index (χ0) is 23.9. The Morgan fingerprint density at radius 2 is 1.66 bits per heavy atom. The van der Waals surface area contributed by atoms with Crippen molar-refractivity contribution in [1.82, 2.24) is 10.2 Å². The molecule has 2 aromatic carbocycles. The molecule has 5 nitrogen and oxygen atoms in total. The van der Waals surface area contributed by atoms with Crippen LogP contribution in [0.5, 0.6) is 5.75 Å². The van der Waals surface area contributed by atoms with E-state index < -0.39 is 6.04 Å². The number of carbonyl (C=O) groups excluding carboxylic acids is 2. The van der Waals surface area contributed by atoms with Crippen molar-refractivity contribution in [2.45, 2.75) is 59.5 Å². The fraction of sp³-hybridized carbons (Fsp3) is 0.462. The molecule has 1 N–H and O–H groups in total. The topological polar surface area (TPSA) is 58.6 Å². The van der Waals surface area contributed by atoms with E-state index in [4.69, 9.17) is 16.3 Å². The zero-order valence-electron chi connectivity index (χ0n) is 19.9. The summed E-state index contributed by atoms with van der Waals surface area (Å²) in [4.78, 5) is 27.5. The molecule has 0 fully saturated rings. The van der Waals surface area contributed by atoms with Gasteiger partial charge in [-0.25, -0.2) is 0 Å². The molecule has 6 heteroatoms. The predicted octanol–water partition coefficient (Wildman–Crippen LogP) is 5.21. The zero-order valence-corrected chi connectivity index (χ0v) is 20.7. The van der Waals surface area contributed by atoms with E-state index in [2.05, 4.69) is 26.1 Å². The van der Waals surface area contributed by atoms with Gasteiger partial charge in [-0.05, 0) is 47.6 Å². The van der Waals surface area contributed by atoms with E-state index in [-0.39, 0.29) is 30.4 Å². The van der Waals surface area contributed by atoms with Crippen LogP contribution in [0.2, 0.25) is 5.02 Å². The summed E-state index contributed by atoms with van der Waals surface area (Å²) >= 11 is 6.00. The average Bonchev–Trinajstić information content (AvgIpc) is 2.74. The van der Waals surface area contributed by atoms with Gasteiger partial charge in [-0.3, -0.25) is 9.59 Å². The van der Waals surface area contributed by atoms with Crippen molar-refractivity contribution in [3.05, 3.63) is 64.7 Å². The summed E-state index contributed by atoms with van der Waals surface area (Å²) in [6.07, 6.45) is 0. The van der Waals surface area contributed by atoms with Crippen molar-refractivity contribution < 1.29 is 14.3 Å². The minimum atomic E-state index is -0.640. The number of benzene rings is 2. The van der Waals surface area contributed by atoms with E-state index in [0.29, 0.717) is 23.2 Å². The fourth-order valence-electron chi connectivity index (χ4n) is 3.26. The molecular weight excluding hydrogens is 424 g/mol. The molecule has 0 saturated carbocycles. The van der Waals surface area contributed by atoms with Crippen molar-refractivity contribution >= 4 is 23.4 Å². The molecule has 32 heavy (non-hydrogen) atoms. The number of ether oxygens (including phenoxy) is 1. The molecule has 2 aromatic rings. The van der Waals surface area contributed by atoms with Crippen LogP contribution in [0.15, 0.2) is 48.5 Å². The number of para-hydroxylation sites is 1. The van der Waals surface area contributed by atoms with Gasteiger partial charge in [-0.15, -0.1) is 0 Å². The first-order valence-electron chi connectivity index (χ1n) is 11.0. The van der Waals surface area contributed by atoms with E-state index in [1.165, 1.54) is 0 Å². The lowest BCUT2D eigenvalue weighted by Crippen LogP contribution is -2.49. The van der Waals surface area contributed by atoms with E-state index in [1.54, 1.807) is 24.0 Å². The Kier molecular flexibility index (Phi) is 9.14. The highest BCUT2D eigenvalue weighted by atomic mass is 35.5. The summed E-state index contributed by atoms with van der Waals surface area (Å²) in [5, 5.41) is 3.54. The van der Waals surface area contributed by atoms with Crippen LogP contribution in [0, 0.1) is 5.92 Å². The van der Waals surface area contributed by atoms with Crippen molar-refractivity contribution in [3.63, 3.8) is 0 Å². The lowest BCUT2D eigenvalue weighted by atomic mass is 9.86. The summed E-state index contributed by atoms with van der Waals surface area (Å²) in [5.41, 5.74) is 1.80. The van der Waals surface area contributed by atoms with Crippen molar-refractivity contribution in [2.75, 3.05) is 13.2 Å². The number of nitrogens with zero attached hydrogens (tertiary/aromatic N) is 1. The molecule has 174 valence electrons. The number of halogens is 1. The van der Waals surface area contributed by atoms with Gasteiger partial charge >= 0.3 is 0 Å². The third-order valence-corrected chi connectivity index (χ3v) is 5.42. The number of hydrogen-bond acceptors (Lipinski definition) is 3. The fourth-order valence-corrected chi connectivity index (χ4v) is 3.38. The van der Waals surface area contributed by atoms with E-state index in [1.807, 2.05) is 50.2 Å². The van der Waals surface area contributed by atoms with Gasteiger partial charge in [0.1, 0.15) is 11.8 Å². The van der Waals surface area contributed by atoms with E-state index in [0.717, 1.165) is 11.1 Å². The third kappa shape index (κ3) is 7.56. The van der Waals surface area contributed by atoms with Crippen LogP contribution in [0.25, 0.3) is 0 Å². The largest absolute Gasteiger partial charge is 0.483 e. The smallest absolute Gasteiger partial charge is 0.261 e. The molecular formula is C26H35ClN2O3. The van der Waals surface area contributed by atoms with Crippen molar-refractivity contribution in [1.29, 1.82) is 0 Å². The van der Waals surface area contributed by atoms with E-state index >= 15 is 0 Å². The molecule has 2 rings (SSSR count). The van der Waals surface area contributed by atoms with Crippen LogP contribution in [0.4, 0.5) is 0 Å². The predicted molar refractivity (Wildman–Crippen MR) is 130 cm³/mol. The normalized spacial score (nSPS) is 12.4. The summed E-state index contributed by atoms with van der Waals surface area (Å²) < 4.78 is 5.95. The summed E-state index contributed by atoms with van der Waals surface area (Å²) in [6.45, 7) is 12.8. The minimum absolute atomic E-state index is 0.118. The van der Waals surface area contributed by atoms with Gasteiger partial charge in [-0.1, -0.05) is 76.6 Å². The summed E-state index contributed by atoms with van der Waals surface area (Å²) in [5.74, 6) is 0.562. The van der Waals surface area contributed by atoms with Gasteiger partial charge in [0.15, 0.2) is 6.61 Å². The quantitative estimate of drug-likeness (QED) is 0.561. The molecule has 2 amide bonds. The second kappa shape index (κ2) is 11.4. The standard InChI is InChI=1S/C26H35ClN2O3/c1-18(2)15-28-25(31)19(3)29(16-20-11-13-21(27)14-12-20)24(30)17-32-23-10-8-7-9-22(23)26(4,5)6/h7-14,18-19H,15-17H2,1-6H3,(H,28,31)/t19-/m1/s1. The lowest BCUT2D eigenvalue weighted by molar-refractivity contribution is -0.142. The maximum absolute atomic E-state index is 13.2. The molecule has 0 unspecified atom stereocenters. The monoisotopic (exact) mass is 458 g/mol. The van der Waals surface area contributed by atoms with Crippen LogP contribution in [0.1, 0.15) is 52.7 Å². The first-order chi connectivity index (χ1) is 15.0. The molecule has 0 heterocycles. The van der Waals surface area contributed by atoms with Gasteiger partial charge in [0, 0.05) is 18.1 Å². The van der Waals surface area contributed by atoms with Crippen molar-refractivity contribution in [2.24, 2.45) is 5.92 Å². The van der Waals surface area contributed by atoms with Crippen LogP contribution in [-0.4, -0.2) is 35.9 Å². The highest BCUT2D eigenvalue weighted by molar-refractivity contribution is 6.30. The molecule has 0 aliphatic rings. The van der Waals surface area contributed by atoms with Crippen LogP contribution in [0.3, 0.4) is 0 Å². The Bertz CT molecular complexity index is 904. The van der Waals surface area contributed by atoms with Gasteiger partial charge < -0.3 is 15.0 Å². The molecule has 0 bridgehead atoms. The Morgan fingerprint density at radius 3 is 2.25 bits per heavy atom. The highest BCUT2D eigenvalue weighted by Gasteiger charge is 2.27. The van der Waals surface area contributed by atoms with Gasteiger partial charge in [0.05, 0.1) is 0 Å². The maximum Gasteiger partial charge on any atom is 0.261 e. The Balaban J connectivity index is 2.20. The first kappa shape index (κ1) is 25.7. The molecule has 0 aliphatic heterocycles. The number of hydrogen-bond donors (Lipinski definition) is 1. The third-order valence-electron chi connectivity index (χ3n) is 5.16. The lowest BCUT2D eigenvalue weighted by Gasteiger charge is -2.29. The second-order valence-corrected chi connectivity index (χ2v) is 9.93. The summed E-state index contributed by atoms with van der Waals surface area (Å²) in [7, 11) is 0. The minimum Gasteiger partial charge on any atom is -0.483 e. The van der Waals surface area contributed by atoms with Gasteiger partial charge in [-0.2, -0.15) is 0 Å². The number of nitrogens with one attached hydrogen (secondary N) is 1. The maximum atomic E-state index is 13.2. The Hall–Kier alpha value is -2.53. The average molecular weight is 459 g/mol.